The van der Waals surface area contributed by atoms with Gasteiger partial charge in [-0.05, 0) is 35.4 Å². The minimum Gasteiger partial charge on any atom is -0.493 e. The number of ether oxygens (including phenoxy) is 1. The molecule has 0 amide bonds. The van der Waals surface area contributed by atoms with Crippen LogP contribution in [0.1, 0.15) is 11.1 Å². The van der Waals surface area contributed by atoms with Crippen molar-refractivity contribution in [2.45, 2.75) is 13.0 Å². The van der Waals surface area contributed by atoms with Gasteiger partial charge in [-0.3, -0.25) is 9.69 Å². The Morgan fingerprint density at radius 2 is 1.92 bits per heavy atom. The third-order valence-electron chi connectivity index (χ3n) is 4.18. The van der Waals surface area contributed by atoms with Crippen LogP contribution in [-0.2, 0) is 17.8 Å². The summed E-state index contributed by atoms with van der Waals surface area (Å²) in [6, 6.07) is 15.8. The van der Waals surface area contributed by atoms with Crippen LogP contribution in [0, 0.1) is 5.92 Å². The number of likely N-dealkylation sites (tertiary alicyclic amines) is 1. The molecule has 2 aromatic rings. The molecule has 0 bridgehead atoms. The van der Waals surface area contributed by atoms with Gasteiger partial charge in [-0.1, -0.05) is 35.9 Å². The number of aliphatic carboxylic acids is 1. The molecule has 5 heteroatoms. The van der Waals surface area contributed by atoms with Crippen LogP contribution >= 0.6 is 11.6 Å². The van der Waals surface area contributed by atoms with Crippen molar-refractivity contribution in [1.29, 1.82) is 0 Å². The molecule has 3 rings (SSSR count). The molecule has 1 saturated heterocycles. The lowest BCUT2D eigenvalue weighted by Crippen LogP contribution is -2.49. The van der Waals surface area contributed by atoms with Crippen molar-refractivity contribution in [2.24, 2.45) is 5.92 Å². The van der Waals surface area contributed by atoms with E-state index in [1.165, 1.54) is 5.56 Å². The molecule has 1 fully saturated rings. The second kappa shape index (κ2) is 7.69. The van der Waals surface area contributed by atoms with Gasteiger partial charge in [-0.25, -0.2) is 0 Å². The molecule has 24 heavy (non-hydrogen) atoms. The van der Waals surface area contributed by atoms with E-state index in [1.54, 1.807) is 0 Å². The van der Waals surface area contributed by atoms with Gasteiger partial charge in [0, 0.05) is 31.1 Å². The van der Waals surface area contributed by atoms with Crippen molar-refractivity contribution in [2.75, 3.05) is 19.7 Å². The average molecular weight is 346 g/mol. The van der Waals surface area contributed by atoms with E-state index in [1.807, 2.05) is 48.5 Å². The first-order valence-electron chi connectivity index (χ1n) is 8.01. The number of carboxylic acid groups (broad SMARTS) is 1. The molecule has 0 aromatic heterocycles. The molecule has 0 radical (unpaired) electrons. The number of rotatable bonds is 7. The first kappa shape index (κ1) is 16.8. The molecule has 4 nitrogen and oxygen atoms in total. The van der Waals surface area contributed by atoms with Crippen molar-refractivity contribution in [3.05, 3.63) is 64.7 Å². The number of hydrogen-bond donors (Lipinski definition) is 1. The van der Waals surface area contributed by atoms with Crippen LogP contribution < -0.4 is 4.74 Å². The van der Waals surface area contributed by atoms with Crippen LogP contribution in [0.25, 0.3) is 0 Å². The molecular weight excluding hydrogens is 326 g/mol. The summed E-state index contributed by atoms with van der Waals surface area (Å²) in [7, 11) is 0. The summed E-state index contributed by atoms with van der Waals surface area (Å²) in [4.78, 5) is 12.9. The van der Waals surface area contributed by atoms with E-state index in [0.29, 0.717) is 19.7 Å². The van der Waals surface area contributed by atoms with Crippen LogP contribution in [0.5, 0.6) is 5.75 Å². The molecule has 1 aliphatic rings. The number of benzene rings is 2. The van der Waals surface area contributed by atoms with Crippen molar-refractivity contribution >= 4 is 17.6 Å². The second-order valence-electron chi connectivity index (χ2n) is 6.10. The zero-order valence-electron chi connectivity index (χ0n) is 13.3. The van der Waals surface area contributed by atoms with Gasteiger partial charge in [-0.15, -0.1) is 0 Å². The molecule has 0 unspecified atom stereocenters. The second-order valence-corrected chi connectivity index (χ2v) is 6.54. The summed E-state index contributed by atoms with van der Waals surface area (Å²) in [5.41, 5.74) is 2.32. The van der Waals surface area contributed by atoms with Gasteiger partial charge in [0.15, 0.2) is 0 Å². The quantitative estimate of drug-likeness (QED) is 0.834. The Balaban J connectivity index is 1.42. The van der Waals surface area contributed by atoms with E-state index in [-0.39, 0.29) is 5.92 Å². The fraction of sp³-hybridized carbons (Fsp3) is 0.316. The number of nitrogens with zero attached hydrogens (tertiary/aromatic N) is 1. The molecule has 1 heterocycles. The lowest BCUT2D eigenvalue weighted by atomic mass is 10.00. The van der Waals surface area contributed by atoms with E-state index in [4.69, 9.17) is 21.4 Å². The fourth-order valence-corrected chi connectivity index (χ4v) is 3.00. The molecule has 0 aliphatic carbocycles. The summed E-state index contributed by atoms with van der Waals surface area (Å²) in [6.07, 6.45) is 0.812. The smallest absolute Gasteiger partial charge is 0.309 e. The standard InChI is InChI=1S/C19H20ClNO3/c20-17-3-1-2-14(10-17)8-9-24-18-6-4-15(5-7-18)11-21-12-16(13-21)19(22)23/h1-7,10,16H,8-9,11-13H2,(H,22,23). The average Bonchev–Trinajstić information content (AvgIpc) is 2.51. The fourth-order valence-electron chi connectivity index (χ4n) is 2.78. The van der Waals surface area contributed by atoms with E-state index < -0.39 is 5.97 Å². The molecule has 126 valence electrons. The van der Waals surface area contributed by atoms with Crippen LogP contribution in [0.4, 0.5) is 0 Å². The molecule has 0 spiro atoms. The highest BCUT2D eigenvalue weighted by molar-refractivity contribution is 6.30. The Morgan fingerprint density at radius 1 is 1.17 bits per heavy atom. The Kier molecular flexibility index (Phi) is 5.38. The zero-order chi connectivity index (χ0) is 16.9. The van der Waals surface area contributed by atoms with Crippen molar-refractivity contribution in [1.82, 2.24) is 4.90 Å². The first-order chi connectivity index (χ1) is 11.6. The molecule has 1 aliphatic heterocycles. The highest BCUT2D eigenvalue weighted by Crippen LogP contribution is 2.20. The third-order valence-corrected chi connectivity index (χ3v) is 4.42. The third kappa shape index (κ3) is 4.49. The van der Waals surface area contributed by atoms with E-state index in [0.717, 1.165) is 29.3 Å². The van der Waals surface area contributed by atoms with Crippen molar-refractivity contribution < 1.29 is 14.6 Å². The Hall–Kier alpha value is -2.04. The van der Waals surface area contributed by atoms with Crippen LogP contribution in [0.3, 0.4) is 0 Å². The molecule has 0 atom stereocenters. The van der Waals surface area contributed by atoms with E-state index in [9.17, 15) is 4.79 Å². The predicted octanol–water partition coefficient (Wildman–Crippen LogP) is 3.48. The summed E-state index contributed by atoms with van der Waals surface area (Å²) < 4.78 is 5.76. The van der Waals surface area contributed by atoms with Gasteiger partial charge in [0.1, 0.15) is 5.75 Å². The summed E-state index contributed by atoms with van der Waals surface area (Å²) >= 11 is 5.97. The largest absolute Gasteiger partial charge is 0.493 e. The van der Waals surface area contributed by atoms with Crippen LogP contribution in [-0.4, -0.2) is 35.7 Å². The van der Waals surface area contributed by atoms with Gasteiger partial charge in [-0.2, -0.15) is 0 Å². The maximum absolute atomic E-state index is 10.8. The highest BCUT2D eigenvalue weighted by atomic mass is 35.5. The minimum atomic E-state index is -0.699. The zero-order valence-corrected chi connectivity index (χ0v) is 14.1. The molecule has 2 aromatic carbocycles. The highest BCUT2D eigenvalue weighted by Gasteiger charge is 2.31. The lowest BCUT2D eigenvalue weighted by molar-refractivity contribution is -0.147. The van der Waals surface area contributed by atoms with Crippen molar-refractivity contribution in [3.8, 4) is 5.75 Å². The number of carbonyl (C=O) groups is 1. The molecule has 1 N–H and O–H groups in total. The van der Waals surface area contributed by atoms with Gasteiger partial charge >= 0.3 is 5.97 Å². The molecular formula is C19H20ClNO3. The Labute approximate surface area is 146 Å². The molecule has 0 saturated carbocycles. The van der Waals surface area contributed by atoms with Gasteiger partial charge < -0.3 is 9.84 Å². The Morgan fingerprint density at radius 3 is 2.58 bits per heavy atom. The number of halogens is 1. The maximum Gasteiger partial charge on any atom is 0.309 e. The van der Waals surface area contributed by atoms with Gasteiger partial charge in [0.2, 0.25) is 0 Å². The number of carboxylic acids is 1. The lowest BCUT2D eigenvalue weighted by Gasteiger charge is -2.36. The van der Waals surface area contributed by atoms with E-state index >= 15 is 0 Å². The topological polar surface area (TPSA) is 49.8 Å². The SMILES string of the molecule is O=C(O)C1CN(Cc2ccc(OCCc3cccc(Cl)c3)cc2)C1. The predicted molar refractivity (Wildman–Crippen MR) is 93.5 cm³/mol. The normalized spacial score (nSPS) is 15.0. The van der Waals surface area contributed by atoms with Gasteiger partial charge in [0.25, 0.3) is 0 Å². The first-order valence-corrected chi connectivity index (χ1v) is 8.39. The maximum atomic E-state index is 10.8. The Bertz CT molecular complexity index is 696. The minimum absolute atomic E-state index is 0.209. The van der Waals surface area contributed by atoms with Crippen molar-refractivity contribution in [3.63, 3.8) is 0 Å². The van der Waals surface area contributed by atoms with Crippen LogP contribution in [0.2, 0.25) is 5.02 Å². The van der Waals surface area contributed by atoms with E-state index in [2.05, 4.69) is 4.90 Å². The number of hydrogen-bond acceptors (Lipinski definition) is 3. The van der Waals surface area contributed by atoms with Gasteiger partial charge in [0.05, 0.1) is 12.5 Å². The van der Waals surface area contributed by atoms with Crippen LogP contribution in [0.15, 0.2) is 48.5 Å². The monoisotopic (exact) mass is 345 g/mol. The summed E-state index contributed by atoms with van der Waals surface area (Å²) in [6.45, 7) is 2.65. The summed E-state index contributed by atoms with van der Waals surface area (Å²) in [5.74, 6) is -0.0680. The summed E-state index contributed by atoms with van der Waals surface area (Å²) in [5, 5.41) is 9.63.